The summed E-state index contributed by atoms with van der Waals surface area (Å²) in [5.74, 6) is 1.24. The number of rotatable bonds is 5. The van der Waals surface area contributed by atoms with Crippen LogP contribution in [0.4, 0.5) is 0 Å². The molecule has 0 bridgehead atoms. The molecule has 0 saturated carbocycles. The minimum atomic E-state index is -0.625. The first kappa shape index (κ1) is 19.2. The van der Waals surface area contributed by atoms with Crippen molar-refractivity contribution in [2.24, 2.45) is 7.05 Å². The highest BCUT2D eigenvalue weighted by Crippen LogP contribution is 2.33. The Morgan fingerprint density at radius 3 is 2.60 bits per heavy atom. The predicted octanol–water partition coefficient (Wildman–Crippen LogP) is 1.71. The van der Waals surface area contributed by atoms with Crippen molar-refractivity contribution in [3.05, 3.63) is 58.1 Å². The SMILES string of the molecule is Cn1c(=O)oc2cc(C(O)CN3CCN(Cc4ccc5c(c4)OCO5)CC3)ccc21. The van der Waals surface area contributed by atoms with Gasteiger partial charge < -0.3 is 19.0 Å². The normalized spacial score (nSPS) is 18.2. The molecule has 158 valence electrons. The summed E-state index contributed by atoms with van der Waals surface area (Å²) in [5.41, 5.74) is 3.21. The van der Waals surface area contributed by atoms with Gasteiger partial charge in [0.1, 0.15) is 0 Å². The molecule has 0 radical (unpaired) electrons. The maximum absolute atomic E-state index is 11.7. The molecule has 5 rings (SSSR count). The number of β-amino-alcohol motifs (C(OH)–C–C–N with tert-alkyl or cyclic N) is 1. The third-order valence-electron chi connectivity index (χ3n) is 5.94. The molecule has 1 N–H and O–H groups in total. The highest BCUT2D eigenvalue weighted by atomic mass is 16.7. The van der Waals surface area contributed by atoms with Gasteiger partial charge in [-0.15, -0.1) is 0 Å². The van der Waals surface area contributed by atoms with Gasteiger partial charge in [-0.1, -0.05) is 12.1 Å². The van der Waals surface area contributed by atoms with E-state index in [4.69, 9.17) is 13.9 Å². The Labute approximate surface area is 173 Å². The number of aliphatic hydroxyl groups excluding tert-OH is 1. The van der Waals surface area contributed by atoms with Gasteiger partial charge >= 0.3 is 5.76 Å². The average molecular weight is 411 g/mol. The van der Waals surface area contributed by atoms with Crippen molar-refractivity contribution in [2.75, 3.05) is 39.5 Å². The summed E-state index contributed by atoms with van der Waals surface area (Å²) in [5, 5.41) is 10.7. The fourth-order valence-electron chi connectivity index (χ4n) is 4.14. The number of ether oxygens (including phenoxy) is 2. The van der Waals surface area contributed by atoms with Crippen molar-refractivity contribution in [3.63, 3.8) is 0 Å². The number of piperazine rings is 1. The zero-order chi connectivity index (χ0) is 20.7. The average Bonchev–Trinajstić information content (AvgIpc) is 3.33. The molecule has 8 nitrogen and oxygen atoms in total. The van der Waals surface area contributed by atoms with Crippen LogP contribution in [-0.2, 0) is 13.6 Å². The van der Waals surface area contributed by atoms with E-state index < -0.39 is 11.9 Å². The van der Waals surface area contributed by atoms with Crippen LogP contribution >= 0.6 is 0 Å². The largest absolute Gasteiger partial charge is 0.454 e. The zero-order valence-corrected chi connectivity index (χ0v) is 16.9. The molecule has 2 aliphatic rings. The Balaban J connectivity index is 1.16. The Hall–Kier alpha value is -2.81. The first-order valence-corrected chi connectivity index (χ1v) is 10.2. The van der Waals surface area contributed by atoms with Crippen molar-refractivity contribution < 1.29 is 19.0 Å². The lowest BCUT2D eigenvalue weighted by Gasteiger charge is -2.35. The standard InChI is InChI=1S/C22H25N3O5/c1-23-17-4-3-16(11-20(17)30-22(23)27)18(26)13-25-8-6-24(7-9-25)12-15-2-5-19-21(10-15)29-14-28-19/h2-5,10-11,18,26H,6-9,12-14H2,1H3. The van der Waals surface area contributed by atoms with Crippen molar-refractivity contribution in [1.29, 1.82) is 0 Å². The zero-order valence-electron chi connectivity index (χ0n) is 16.9. The second kappa shape index (κ2) is 7.79. The van der Waals surface area contributed by atoms with Gasteiger partial charge in [0.25, 0.3) is 0 Å². The second-order valence-electron chi connectivity index (χ2n) is 7.93. The lowest BCUT2D eigenvalue weighted by molar-refractivity contribution is 0.0701. The number of aryl methyl sites for hydroxylation is 1. The predicted molar refractivity (Wildman–Crippen MR) is 111 cm³/mol. The van der Waals surface area contributed by atoms with E-state index >= 15 is 0 Å². The van der Waals surface area contributed by atoms with E-state index in [0.29, 0.717) is 18.9 Å². The molecule has 1 fully saturated rings. The molecule has 1 unspecified atom stereocenters. The van der Waals surface area contributed by atoms with Crippen LogP contribution in [-0.4, -0.2) is 59.0 Å². The van der Waals surface area contributed by atoms with Gasteiger partial charge in [0, 0.05) is 46.3 Å². The Bertz CT molecular complexity index is 1110. The lowest BCUT2D eigenvalue weighted by atomic mass is 10.1. The molecule has 2 aliphatic heterocycles. The maximum Gasteiger partial charge on any atom is 0.419 e. The molecular weight excluding hydrogens is 386 g/mol. The van der Waals surface area contributed by atoms with E-state index in [1.807, 2.05) is 18.2 Å². The van der Waals surface area contributed by atoms with Crippen LogP contribution in [0.3, 0.4) is 0 Å². The molecule has 0 amide bonds. The summed E-state index contributed by atoms with van der Waals surface area (Å²) < 4.78 is 17.5. The molecule has 8 heteroatoms. The quantitative estimate of drug-likeness (QED) is 0.685. The fourth-order valence-corrected chi connectivity index (χ4v) is 4.14. The van der Waals surface area contributed by atoms with Gasteiger partial charge in [0.05, 0.1) is 11.6 Å². The van der Waals surface area contributed by atoms with E-state index in [1.165, 1.54) is 10.1 Å². The van der Waals surface area contributed by atoms with Gasteiger partial charge in [-0.2, -0.15) is 0 Å². The van der Waals surface area contributed by atoms with Crippen LogP contribution in [0.1, 0.15) is 17.2 Å². The summed E-state index contributed by atoms with van der Waals surface area (Å²) in [4.78, 5) is 16.3. The van der Waals surface area contributed by atoms with Crippen LogP contribution in [0, 0.1) is 0 Å². The molecule has 0 aliphatic carbocycles. The van der Waals surface area contributed by atoms with Crippen molar-refractivity contribution >= 4 is 11.1 Å². The molecule has 0 spiro atoms. The number of oxazole rings is 1. The molecular formula is C22H25N3O5. The molecule has 1 atom stereocenters. The second-order valence-corrected chi connectivity index (χ2v) is 7.93. The number of fused-ring (bicyclic) bond motifs is 2. The highest BCUT2D eigenvalue weighted by molar-refractivity contribution is 5.73. The Morgan fingerprint density at radius 2 is 1.77 bits per heavy atom. The molecule has 3 heterocycles. The van der Waals surface area contributed by atoms with Crippen molar-refractivity contribution in [1.82, 2.24) is 14.4 Å². The van der Waals surface area contributed by atoms with E-state index in [9.17, 15) is 9.90 Å². The van der Waals surface area contributed by atoms with E-state index in [2.05, 4.69) is 21.9 Å². The Morgan fingerprint density at radius 1 is 1.00 bits per heavy atom. The number of aromatic nitrogens is 1. The first-order chi connectivity index (χ1) is 14.6. The third-order valence-corrected chi connectivity index (χ3v) is 5.94. The van der Waals surface area contributed by atoms with Gasteiger partial charge in [-0.3, -0.25) is 14.4 Å². The fraction of sp³-hybridized carbons (Fsp3) is 0.409. The summed E-state index contributed by atoms with van der Waals surface area (Å²) in [6, 6.07) is 11.5. The maximum atomic E-state index is 11.7. The topological polar surface area (TPSA) is 80.3 Å². The lowest BCUT2D eigenvalue weighted by Crippen LogP contribution is -2.47. The highest BCUT2D eigenvalue weighted by Gasteiger charge is 2.21. The number of aliphatic hydroxyl groups is 1. The van der Waals surface area contributed by atoms with Crippen molar-refractivity contribution in [2.45, 2.75) is 12.6 Å². The van der Waals surface area contributed by atoms with Crippen LogP contribution in [0.5, 0.6) is 11.5 Å². The minimum Gasteiger partial charge on any atom is -0.454 e. The number of benzene rings is 2. The van der Waals surface area contributed by atoms with Gasteiger partial charge in [0.15, 0.2) is 17.1 Å². The van der Waals surface area contributed by atoms with E-state index in [-0.39, 0.29) is 0 Å². The van der Waals surface area contributed by atoms with E-state index in [1.54, 1.807) is 13.1 Å². The first-order valence-electron chi connectivity index (χ1n) is 10.2. The third kappa shape index (κ3) is 3.69. The minimum absolute atomic E-state index is 0.295. The van der Waals surface area contributed by atoms with Gasteiger partial charge in [0.2, 0.25) is 6.79 Å². The summed E-state index contributed by atoms with van der Waals surface area (Å²) in [6.07, 6.45) is -0.625. The summed E-state index contributed by atoms with van der Waals surface area (Å²) in [6.45, 7) is 5.39. The number of nitrogens with zero attached hydrogens (tertiary/aromatic N) is 3. The number of hydrogen-bond donors (Lipinski definition) is 1. The van der Waals surface area contributed by atoms with Crippen LogP contribution in [0.15, 0.2) is 45.6 Å². The van der Waals surface area contributed by atoms with Crippen LogP contribution < -0.4 is 15.2 Å². The molecule has 2 aromatic carbocycles. The van der Waals surface area contributed by atoms with Crippen LogP contribution in [0.2, 0.25) is 0 Å². The summed E-state index contributed by atoms with van der Waals surface area (Å²) in [7, 11) is 1.67. The summed E-state index contributed by atoms with van der Waals surface area (Å²) >= 11 is 0. The van der Waals surface area contributed by atoms with Crippen LogP contribution in [0.25, 0.3) is 11.1 Å². The monoisotopic (exact) mass is 411 g/mol. The van der Waals surface area contributed by atoms with E-state index in [0.717, 1.165) is 55.3 Å². The number of hydrogen-bond acceptors (Lipinski definition) is 7. The van der Waals surface area contributed by atoms with Crippen molar-refractivity contribution in [3.8, 4) is 11.5 Å². The van der Waals surface area contributed by atoms with Gasteiger partial charge in [-0.25, -0.2) is 4.79 Å². The van der Waals surface area contributed by atoms with Gasteiger partial charge in [-0.05, 0) is 35.4 Å². The smallest absolute Gasteiger partial charge is 0.419 e. The molecule has 1 saturated heterocycles. The molecule has 3 aromatic rings. The Kier molecular flexibility index (Phi) is 4.98. The molecule has 30 heavy (non-hydrogen) atoms. The molecule has 1 aromatic heterocycles.